The largest absolute Gasteiger partial charge is 0.396 e. The summed E-state index contributed by atoms with van der Waals surface area (Å²) in [6, 6.07) is 7.40. The summed E-state index contributed by atoms with van der Waals surface area (Å²) >= 11 is 0. The highest BCUT2D eigenvalue weighted by molar-refractivity contribution is 5.95. The second-order valence-electron chi connectivity index (χ2n) is 5.71. The molecule has 0 aliphatic carbocycles. The van der Waals surface area contributed by atoms with Crippen molar-refractivity contribution in [2.24, 2.45) is 11.7 Å². The van der Waals surface area contributed by atoms with Crippen molar-refractivity contribution in [3.63, 3.8) is 0 Å². The number of aliphatic hydroxyl groups excluding tert-OH is 1. The molecule has 0 saturated carbocycles. The second kappa shape index (κ2) is 7.54. The topological polar surface area (TPSA) is 78.6 Å². The summed E-state index contributed by atoms with van der Waals surface area (Å²) in [5.74, 6) is 0.264. The average Bonchev–Trinajstić information content (AvgIpc) is 2.54. The molecule has 2 unspecified atom stereocenters. The molecule has 1 aromatic rings. The number of benzene rings is 1. The third kappa shape index (κ3) is 4.03. The molecule has 0 aromatic heterocycles. The van der Waals surface area contributed by atoms with Crippen molar-refractivity contribution in [2.45, 2.75) is 32.4 Å². The first-order valence-corrected chi connectivity index (χ1v) is 7.59. The Kier molecular flexibility index (Phi) is 5.73. The lowest BCUT2D eigenvalue weighted by Crippen LogP contribution is -2.47. The van der Waals surface area contributed by atoms with Gasteiger partial charge in [-0.15, -0.1) is 0 Å². The number of anilines is 1. The summed E-state index contributed by atoms with van der Waals surface area (Å²) in [6.45, 7) is 4.20. The summed E-state index contributed by atoms with van der Waals surface area (Å²) in [7, 11) is 0. The predicted octanol–water partition coefficient (Wildman–Crippen LogP) is 1.18. The highest BCUT2D eigenvalue weighted by Gasteiger charge is 2.27. The van der Waals surface area contributed by atoms with Crippen LogP contribution in [0.4, 0.5) is 5.69 Å². The molecule has 5 heteroatoms. The fraction of sp³-hybridized carbons (Fsp3) is 0.562. The van der Waals surface area contributed by atoms with E-state index in [1.54, 1.807) is 0 Å². The molecular weight excluding hydrogens is 266 g/mol. The van der Waals surface area contributed by atoms with Crippen molar-refractivity contribution < 1.29 is 9.90 Å². The van der Waals surface area contributed by atoms with Gasteiger partial charge in [0.15, 0.2) is 0 Å². The molecule has 1 aliphatic heterocycles. The van der Waals surface area contributed by atoms with E-state index in [1.807, 2.05) is 31.2 Å². The smallest absolute Gasteiger partial charge is 0.241 e. The lowest BCUT2D eigenvalue weighted by atomic mass is 9.97. The van der Waals surface area contributed by atoms with Crippen LogP contribution in [0.5, 0.6) is 0 Å². The first kappa shape index (κ1) is 15.9. The third-order valence-corrected chi connectivity index (χ3v) is 4.23. The first-order valence-electron chi connectivity index (χ1n) is 7.59. The van der Waals surface area contributed by atoms with Crippen LogP contribution < -0.4 is 11.1 Å². The number of likely N-dealkylation sites (tertiary alicyclic amines) is 1. The molecule has 2 rings (SSSR count). The first-order chi connectivity index (χ1) is 10.2. The van der Waals surface area contributed by atoms with Gasteiger partial charge >= 0.3 is 0 Å². The Morgan fingerprint density at radius 1 is 1.52 bits per heavy atom. The highest BCUT2D eigenvalue weighted by atomic mass is 16.3. The van der Waals surface area contributed by atoms with E-state index in [1.165, 1.54) is 0 Å². The number of aliphatic hydroxyl groups is 1. The van der Waals surface area contributed by atoms with Gasteiger partial charge in [0.2, 0.25) is 5.91 Å². The van der Waals surface area contributed by atoms with Crippen LogP contribution in [0.2, 0.25) is 0 Å². The molecule has 4 N–H and O–H groups in total. The van der Waals surface area contributed by atoms with Gasteiger partial charge in [0.1, 0.15) is 0 Å². The lowest BCUT2D eigenvalue weighted by Gasteiger charge is -2.35. The number of nitrogens with two attached hydrogens (primary N) is 1. The van der Waals surface area contributed by atoms with Gasteiger partial charge in [0.05, 0.1) is 6.04 Å². The molecule has 0 spiro atoms. The molecule has 1 fully saturated rings. The number of carbonyl (C=O) groups excluding carboxylic acids is 1. The summed E-state index contributed by atoms with van der Waals surface area (Å²) in [5.41, 5.74) is 7.41. The van der Waals surface area contributed by atoms with E-state index in [4.69, 9.17) is 5.73 Å². The van der Waals surface area contributed by atoms with Crippen LogP contribution >= 0.6 is 0 Å². The molecule has 0 radical (unpaired) electrons. The highest BCUT2D eigenvalue weighted by Crippen LogP contribution is 2.20. The van der Waals surface area contributed by atoms with Gasteiger partial charge in [-0.25, -0.2) is 0 Å². The molecule has 5 nitrogen and oxygen atoms in total. The van der Waals surface area contributed by atoms with Crippen LogP contribution in [0.3, 0.4) is 0 Å². The Bertz CT molecular complexity index is 478. The molecule has 116 valence electrons. The standard InChI is InChI=1S/C16H25N3O2/c1-12(19-8-4-5-13(10-19)11-20)16(21)18-15-7-3-2-6-14(15)9-17/h2-3,6-7,12-13,20H,4-5,8-11,17H2,1H3,(H,18,21). The molecule has 2 atom stereocenters. The van der Waals surface area contributed by atoms with Crippen molar-refractivity contribution in [1.82, 2.24) is 4.90 Å². The summed E-state index contributed by atoms with van der Waals surface area (Å²) in [5, 5.41) is 12.3. The minimum absolute atomic E-state index is 0.0190. The molecule has 1 saturated heterocycles. The Hall–Kier alpha value is -1.43. The Morgan fingerprint density at radius 2 is 2.29 bits per heavy atom. The number of hydrogen-bond acceptors (Lipinski definition) is 4. The molecule has 1 aromatic carbocycles. The van der Waals surface area contributed by atoms with Crippen molar-refractivity contribution in [3.8, 4) is 0 Å². The van der Waals surface area contributed by atoms with Crippen LogP contribution in [-0.2, 0) is 11.3 Å². The molecule has 0 bridgehead atoms. The van der Waals surface area contributed by atoms with Crippen LogP contribution in [0.1, 0.15) is 25.3 Å². The van der Waals surface area contributed by atoms with Crippen LogP contribution in [0.25, 0.3) is 0 Å². The van der Waals surface area contributed by atoms with E-state index in [0.717, 1.165) is 37.2 Å². The summed E-state index contributed by atoms with van der Waals surface area (Å²) < 4.78 is 0. The van der Waals surface area contributed by atoms with Gasteiger partial charge < -0.3 is 16.2 Å². The Labute approximate surface area is 126 Å². The second-order valence-corrected chi connectivity index (χ2v) is 5.71. The third-order valence-electron chi connectivity index (χ3n) is 4.23. The maximum absolute atomic E-state index is 12.4. The SMILES string of the molecule is CC(C(=O)Nc1ccccc1CN)N1CCCC(CO)C1. The maximum Gasteiger partial charge on any atom is 0.241 e. The van der Waals surface area contributed by atoms with Crippen LogP contribution in [0, 0.1) is 5.92 Å². The predicted molar refractivity (Wildman–Crippen MR) is 83.8 cm³/mol. The van der Waals surface area contributed by atoms with Crippen molar-refractivity contribution in [1.29, 1.82) is 0 Å². The van der Waals surface area contributed by atoms with E-state index < -0.39 is 0 Å². The normalized spacial score (nSPS) is 21.0. The maximum atomic E-state index is 12.4. The molecular formula is C16H25N3O2. The van der Waals surface area contributed by atoms with Gasteiger partial charge in [-0.2, -0.15) is 0 Å². The number of rotatable bonds is 5. The van der Waals surface area contributed by atoms with E-state index in [9.17, 15) is 9.90 Å². The fourth-order valence-electron chi connectivity index (χ4n) is 2.82. The number of amides is 1. The molecule has 21 heavy (non-hydrogen) atoms. The average molecular weight is 291 g/mol. The van der Waals surface area contributed by atoms with Gasteiger partial charge in [-0.05, 0) is 43.9 Å². The van der Waals surface area contributed by atoms with Gasteiger partial charge in [0, 0.05) is 25.4 Å². The minimum Gasteiger partial charge on any atom is -0.396 e. The van der Waals surface area contributed by atoms with E-state index in [0.29, 0.717) is 6.54 Å². The number of nitrogens with zero attached hydrogens (tertiary/aromatic N) is 1. The summed E-state index contributed by atoms with van der Waals surface area (Å²) in [6.07, 6.45) is 2.07. The van der Waals surface area contributed by atoms with E-state index in [2.05, 4.69) is 10.2 Å². The zero-order valence-electron chi connectivity index (χ0n) is 12.6. The van der Waals surface area contributed by atoms with E-state index >= 15 is 0 Å². The number of nitrogens with one attached hydrogen (secondary N) is 1. The molecule has 1 amide bonds. The number of hydrogen-bond donors (Lipinski definition) is 3. The lowest BCUT2D eigenvalue weighted by molar-refractivity contribution is -0.121. The number of carbonyl (C=O) groups is 1. The van der Waals surface area contributed by atoms with Crippen molar-refractivity contribution in [3.05, 3.63) is 29.8 Å². The molecule has 1 aliphatic rings. The van der Waals surface area contributed by atoms with Crippen LogP contribution in [-0.4, -0.2) is 41.7 Å². The zero-order valence-corrected chi connectivity index (χ0v) is 12.6. The van der Waals surface area contributed by atoms with E-state index in [-0.39, 0.29) is 24.5 Å². The van der Waals surface area contributed by atoms with Crippen LogP contribution in [0.15, 0.2) is 24.3 Å². The number of piperidine rings is 1. The van der Waals surface area contributed by atoms with Gasteiger partial charge in [-0.3, -0.25) is 9.69 Å². The Morgan fingerprint density at radius 3 is 3.00 bits per heavy atom. The molecule has 1 heterocycles. The van der Waals surface area contributed by atoms with Crippen molar-refractivity contribution in [2.75, 3.05) is 25.0 Å². The summed E-state index contributed by atoms with van der Waals surface area (Å²) in [4.78, 5) is 14.6. The quantitative estimate of drug-likeness (QED) is 0.761. The van der Waals surface area contributed by atoms with Crippen molar-refractivity contribution >= 4 is 11.6 Å². The van der Waals surface area contributed by atoms with Gasteiger partial charge in [-0.1, -0.05) is 18.2 Å². The number of para-hydroxylation sites is 1. The van der Waals surface area contributed by atoms with Gasteiger partial charge in [0.25, 0.3) is 0 Å². The fourth-order valence-corrected chi connectivity index (χ4v) is 2.82. The monoisotopic (exact) mass is 291 g/mol. The Balaban J connectivity index is 1.99. The zero-order chi connectivity index (χ0) is 15.2. The minimum atomic E-state index is -0.204.